The second-order valence-corrected chi connectivity index (χ2v) is 9.48. The quantitative estimate of drug-likeness (QED) is 0.559. The van der Waals surface area contributed by atoms with E-state index in [2.05, 4.69) is 14.5 Å². The van der Waals surface area contributed by atoms with Gasteiger partial charge in [0.1, 0.15) is 11.3 Å². The molecule has 5 rings (SSSR count). The first kappa shape index (κ1) is 18.3. The minimum absolute atomic E-state index is 0.142. The van der Waals surface area contributed by atoms with E-state index in [1.54, 1.807) is 48.8 Å². The average Bonchev–Trinajstić information content (AvgIpc) is 3.29. The van der Waals surface area contributed by atoms with Crippen molar-refractivity contribution in [3.63, 3.8) is 0 Å². The standard InChI is InChI=1S/C21H22N4O3S/c1-14-23-19-13-22-21-18(20(19)25(14)15-6-5-7-16(26)12-15)10-11-24(21)29(27,28)17-8-3-2-4-9-17/h2-4,8-11,13,15-16,26H,5-7,12H2,1H3/t15-,16-/m1/s1. The summed E-state index contributed by atoms with van der Waals surface area (Å²) in [5.74, 6) is 0.854. The average molecular weight is 410 g/mol. The van der Waals surface area contributed by atoms with Crippen LogP contribution in [0.2, 0.25) is 0 Å². The van der Waals surface area contributed by atoms with E-state index in [1.165, 1.54) is 3.97 Å². The largest absolute Gasteiger partial charge is 0.393 e. The molecule has 1 aromatic carbocycles. The Morgan fingerprint density at radius 2 is 1.93 bits per heavy atom. The molecule has 150 valence electrons. The molecule has 0 spiro atoms. The zero-order chi connectivity index (χ0) is 20.2. The molecule has 29 heavy (non-hydrogen) atoms. The summed E-state index contributed by atoms with van der Waals surface area (Å²) in [6.45, 7) is 1.95. The molecular weight excluding hydrogens is 388 g/mol. The van der Waals surface area contributed by atoms with Gasteiger partial charge in [-0.3, -0.25) is 0 Å². The smallest absolute Gasteiger partial charge is 0.269 e. The van der Waals surface area contributed by atoms with Gasteiger partial charge >= 0.3 is 0 Å². The lowest BCUT2D eigenvalue weighted by Crippen LogP contribution is -2.23. The van der Waals surface area contributed by atoms with E-state index in [9.17, 15) is 13.5 Å². The van der Waals surface area contributed by atoms with E-state index in [0.29, 0.717) is 12.1 Å². The van der Waals surface area contributed by atoms with Crippen LogP contribution >= 0.6 is 0 Å². The highest BCUT2D eigenvalue weighted by molar-refractivity contribution is 7.90. The van der Waals surface area contributed by atoms with Gasteiger partial charge in [0.15, 0.2) is 5.65 Å². The molecule has 4 aromatic rings. The van der Waals surface area contributed by atoms with E-state index in [1.807, 2.05) is 6.92 Å². The lowest BCUT2D eigenvalue weighted by Gasteiger charge is -2.28. The highest BCUT2D eigenvalue weighted by atomic mass is 32.2. The molecule has 1 N–H and O–H groups in total. The second-order valence-electron chi connectivity index (χ2n) is 7.66. The minimum Gasteiger partial charge on any atom is -0.393 e. The van der Waals surface area contributed by atoms with Crippen molar-refractivity contribution < 1.29 is 13.5 Å². The number of rotatable bonds is 3. The molecule has 0 aliphatic heterocycles. The van der Waals surface area contributed by atoms with Crippen molar-refractivity contribution in [2.75, 3.05) is 0 Å². The minimum atomic E-state index is -3.75. The Balaban J connectivity index is 1.73. The third-order valence-corrected chi connectivity index (χ3v) is 7.47. The molecule has 0 bridgehead atoms. The number of aliphatic hydroxyl groups excluding tert-OH is 1. The van der Waals surface area contributed by atoms with Crippen LogP contribution < -0.4 is 0 Å². The molecule has 3 heterocycles. The third-order valence-electron chi connectivity index (χ3n) is 5.79. The SMILES string of the molecule is Cc1nc2cnc3c(ccn3S(=O)(=O)c3ccccc3)c2n1[C@@H]1CCC[C@@H](O)C1. The Morgan fingerprint density at radius 3 is 2.69 bits per heavy atom. The summed E-state index contributed by atoms with van der Waals surface area (Å²) in [5, 5.41) is 10.9. The fraction of sp³-hybridized carbons (Fsp3) is 0.333. The van der Waals surface area contributed by atoms with E-state index in [-0.39, 0.29) is 17.0 Å². The number of benzene rings is 1. The predicted molar refractivity (Wildman–Crippen MR) is 110 cm³/mol. The first-order valence-corrected chi connectivity index (χ1v) is 11.2. The molecule has 1 saturated carbocycles. The number of nitrogens with zero attached hydrogens (tertiary/aromatic N) is 4. The second kappa shape index (κ2) is 6.67. The van der Waals surface area contributed by atoms with Crippen LogP contribution in [0.4, 0.5) is 0 Å². The van der Waals surface area contributed by atoms with Crippen molar-refractivity contribution in [2.45, 2.75) is 49.6 Å². The summed E-state index contributed by atoms with van der Waals surface area (Å²) in [7, 11) is -3.75. The van der Waals surface area contributed by atoms with Crippen LogP contribution in [0.15, 0.2) is 53.7 Å². The third kappa shape index (κ3) is 2.86. The van der Waals surface area contributed by atoms with Crippen molar-refractivity contribution in [1.82, 2.24) is 18.5 Å². The van der Waals surface area contributed by atoms with Gasteiger partial charge < -0.3 is 9.67 Å². The van der Waals surface area contributed by atoms with Gasteiger partial charge in [-0.15, -0.1) is 0 Å². The van der Waals surface area contributed by atoms with Crippen LogP contribution in [0, 0.1) is 6.92 Å². The predicted octanol–water partition coefficient (Wildman–Crippen LogP) is 3.41. The lowest BCUT2D eigenvalue weighted by atomic mass is 9.92. The normalized spacial score (nSPS) is 20.5. The van der Waals surface area contributed by atoms with Gasteiger partial charge in [-0.25, -0.2) is 22.4 Å². The summed E-state index contributed by atoms with van der Waals surface area (Å²) in [4.78, 5) is 9.31. The number of pyridine rings is 1. The molecule has 7 nitrogen and oxygen atoms in total. The summed E-state index contributed by atoms with van der Waals surface area (Å²) in [6.07, 6.45) is 6.31. The Bertz CT molecular complexity index is 1310. The number of hydrogen-bond donors (Lipinski definition) is 1. The van der Waals surface area contributed by atoms with E-state index in [0.717, 1.165) is 41.5 Å². The molecule has 0 saturated heterocycles. The van der Waals surface area contributed by atoms with E-state index in [4.69, 9.17) is 0 Å². The van der Waals surface area contributed by atoms with Crippen LogP contribution in [0.1, 0.15) is 37.5 Å². The Hall–Kier alpha value is -2.71. The first-order chi connectivity index (χ1) is 14.0. The monoisotopic (exact) mass is 410 g/mol. The van der Waals surface area contributed by atoms with Gasteiger partial charge in [-0.1, -0.05) is 18.2 Å². The molecule has 0 amide bonds. The van der Waals surface area contributed by atoms with Crippen LogP contribution in [-0.2, 0) is 10.0 Å². The van der Waals surface area contributed by atoms with E-state index >= 15 is 0 Å². The Kier molecular flexibility index (Phi) is 4.22. The molecule has 8 heteroatoms. The Morgan fingerprint density at radius 1 is 1.14 bits per heavy atom. The molecule has 1 aliphatic carbocycles. The molecular formula is C21H22N4O3S. The number of aliphatic hydroxyl groups is 1. The van der Waals surface area contributed by atoms with Gasteiger partial charge in [0.2, 0.25) is 0 Å². The first-order valence-electron chi connectivity index (χ1n) is 9.80. The van der Waals surface area contributed by atoms with Gasteiger partial charge in [0.05, 0.1) is 22.7 Å². The molecule has 2 atom stereocenters. The maximum atomic E-state index is 13.1. The summed E-state index contributed by atoms with van der Waals surface area (Å²) in [6, 6.07) is 10.3. The zero-order valence-corrected chi connectivity index (χ0v) is 16.9. The van der Waals surface area contributed by atoms with Crippen LogP contribution in [-0.4, -0.2) is 38.1 Å². The number of hydrogen-bond acceptors (Lipinski definition) is 5. The van der Waals surface area contributed by atoms with Crippen molar-refractivity contribution in [3.8, 4) is 0 Å². The van der Waals surface area contributed by atoms with Crippen molar-refractivity contribution in [1.29, 1.82) is 0 Å². The van der Waals surface area contributed by atoms with Crippen LogP contribution in [0.25, 0.3) is 22.1 Å². The summed E-state index contributed by atoms with van der Waals surface area (Å²) >= 11 is 0. The fourth-order valence-corrected chi connectivity index (χ4v) is 5.81. The summed E-state index contributed by atoms with van der Waals surface area (Å²) < 4.78 is 29.7. The fourth-order valence-electron chi connectivity index (χ4n) is 4.48. The highest BCUT2D eigenvalue weighted by Gasteiger charge is 2.27. The van der Waals surface area contributed by atoms with Gasteiger partial charge in [-0.05, 0) is 50.8 Å². The van der Waals surface area contributed by atoms with Crippen molar-refractivity contribution in [2.24, 2.45) is 0 Å². The molecule has 1 aliphatic rings. The number of aromatic nitrogens is 4. The maximum absolute atomic E-state index is 13.1. The van der Waals surface area contributed by atoms with Crippen molar-refractivity contribution >= 4 is 32.1 Å². The number of fused-ring (bicyclic) bond motifs is 3. The maximum Gasteiger partial charge on any atom is 0.269 e. The summed E-state index contributed by atoms with van der Waals surface area (Å²) in [5.41, 5.74) is 2.01. The molecule has 0 radical (unpaired) electrons. The van der Waals surface area contributed by atoms with Crippen molar-refractivity contribution in [3.05, 3.63) is 54.6 Å². The molecule has 0 unspecified atom stereocenters. The Labute approximate surface area is 168 Å². The van der Waals surface area contributed by atoms with Gasteiger partial charge in [0, 0.05) is 17.6 Å². The number of imidazole rings is 1. The highest BCUT2D eigenvalue weighted by Crippen LogP contribution is 2.35. The van der Waals surface area contributed by atoms with Gasteiger partial charge in [-0.2, -0.15) is 0 Å². The zero-order valence-electron chi connectivity index (χ0n) is 16.1. The van der Waals surface area contributed by atoms with Crippen LogP contribution in [0.5, 0.6) is 0 Å². The topological polar surface area (TPSA) is 90.0 Å². The molecule has 3 aromatic heterocycles. The van der Waals surface area contributed by atoms with Crippen LogP contribution in [0.3, 0.4) is 0 Å². The number of aryl methyl sites for hydroxylation is 1. The van der Waals surface area contributed by atoms with E-state index < -0.39 is 10.0 Å². The lowest BCUT2D eigenvalue weighted by molar-refractivity contribution is 0.104. The molecule has 1 fully saturated rings. The van der Waals surface area contributed by atoms with Gasteiger partial charge in [0.25, 0.3) is 10.0 Å².